The molecule has 0 aromatic heterocycles. The average Bonchev–Trinajstić information content (AvgIpc) is 3.59. The first kappa shape index (κ1) is 83.0. The first-order valence-electron chi connectivity index (χ1n) is 31.5. The van der Waals surface area contributed by atoms with Crippen molar-refractivity contribution in [2.75, 3.05) is 26.2 Å². The Morgan fingerprint density at radius 3 is 0.872 bits per heavy atom. The number of rotatable bonds is 8. The van der Waals surface area contributed by atoms with Gasteiger partial charge in [0.1, 0.15) is 0 Å². The van der Waals surface area contributed by atoms with Gasteiger partial charge in [0.25, 0.3) is 0 Å². The van der Waals surface area contributed by atoms with Crippen LogP contribution in [-0.2, 0) is 0 Å². The van der Waals surface area contributed by atoms with E-state index in [1.54, 1.807) is 36.4 Å². The summed E-state index contributed by atoms with van der Waals surface area (Å²) in [6.07, 6.45) is 23.6. The molecule has 4 heterocycles. The molecule has 10 rings (SSSR count). The Morgan fingerprint density at radius 2 is 0.651 bits per heavy atom. The van der Waals surface area contributed by atoms with Gasteiger partial charge in [-0.05, 0) is 77.0 Å². The van der Waals surface area contributed by atoms with Crippen LogP contribution in [0.4, 0.5) is 0 Å². The van der Waals surface area contributed by atoms with Gasteiger partial charge in [-0.3, -0.25) is 0 Å². The molecule has 18 heteroatoms. The minimum atomic E-state index is -1.35. The number of piperidine rings is 3. The molecule has 3 saturated carbocycles. The molecule has 3 aliphatic carbocycles. The molecule has 7 aliphatic rings. The van der Waals surface area contributed by atoms with E-state index >= 15 is 0 Å². The monoisotopic (exact) mass is 1480 g/mol. The molecule has 86 heavy (non-hydrogen) atoms. The van der Waals surface area contributed by atoms with Crippen LogP contribution in [0.2, 0.25) is 0 Å². The van der Waals surface area contributed by atoms with Crippen molar-refractivity contribution in [1.82, 2.24) is 0 Å². The molecule has 3 saturated heterocycles. The number of hydrogen-bond acceptors (Lipinski definition) is 12. The molecular weight excluding hydrogens is 1370 g/mol. The van der Waals surface area contributed by atoms with Crippen molar-refractivity contribution in [3.63, 3.8) is 0 Å². The molecule has 4 aliphatic heterocycles. The van der Waals surface area contributed by atoms with Crippen LogP contribution in [0, 0.1) is 137 Å². The van der Waals surface area contributed by atoms with E-state index in [0.29, 0.717) is 34.8 Å². The minimum Gasteiger partial charge on any atom is -0.686 e. The van der Waals surface area contributed by atoms with Gasteiger partial charge in [0.05, 0.1) is 0 Å². The Balaban J connectivity index is 0.000000491. The summed E-state index contributed by atoms with van der Waals surface area (Å²) in [5, 5.41) is 123. The van der Waals surface area contributed by atoms with Gasteiger partial charge in [-0.2, -0.15) is 17.8 Å². The topological polar surface area (TPSA) is 299 Å². The second kappa shape index (κ2) is 48.7. The Kier molecular flexibility index (Phi) is 47.0. The number of benzene rings is 3. The van der Waals surface area contributed by atoms with Crippen molar-refractivity contribution in [2.24, 2.45) is 35.5 Å². The Morgan fingerprint density at radius 1 is 0.360 bits per heavy atom. The Hall–Kier alpha value is -0.985. The van der Waals surface area contributed by atoms with Crippen LogP contribution in [0.1, 0.15) is 208 Å². The van der Waals surface area contributed by atoms with Crippen LogP contribution in [0.25, 0.3) is 21.3 Å². The zero-order valence-corrected chi connectivity index (χ0v) is 57.7. The number of hydrogen-bond donors (Lipinski definition) is 12. The van der Waals surface area contributed by atoms with E-state index in [0.717, 1.165) is 138 Å². The fraction of sp³-hybridized carbons (Fsp3) is 0.676. The first-order valence-corrected chi connectivity index (χ1v) is 31.5. The average molecular weight is 1480 g/mol. The van der Waals surface area contributed by atoms with Gasteiger partial charge in [-0.25, -0.2) is 0 Å². The summed E-state index contributed by atoms with van der Waals surface area (Å²) in [4.78, 5) is 0. The van der Waals surface area contributed by atoms with Crippen molar-refractivity contribution in [1.29, 1.82) is 0 Å². The smallest absolute Gasteiger partial charge is 0.178 e. The van der Waals surface area contributed by atoms with Crippen molar-refractivity contribution in [3.8, 4) is 0 Å². The molecule has 0 spiro atoms. The summed E-state index contributed by atoms with van der Waals surface area (Å²) in [7, 11) is 0. The molecule has 0 bridgehead atoms. The second-order valence-electron chi connectivity index (χ2n) is 24.4. The Labute approximate surface area is 581 Å². The number of nitrogens with zero attached hydrogens (tertiary/aromatic N) is 4. The van der Waals surface area contributed by atoms with Crippen LogP contribution in [0.5, 0.6) is 0 Å². The van der Waals surface area contributed by atoms with Crippen LogP contribution in [-0.4, -0.2) is 124 Å². The van der Waals surface area contributed by atoms with E-state index < -0.39 is 37.7 Å². The standard InChI is InChI=1S/C10H18N2.C10H14N2.3C8H16O2.3C8H10O2.2Sm/c2*1-3-7-11-9(5-1)10-6-2-4-8-12-10;6*1-6-2-4-7(5-3-6)8(9)10;;/h9-10H,1-8H2;1,3,5,10H,2,4,6-8H2;3*6-10H,2-5H2,1H3;3*2-5,8-10H,1H3;;/q2*-2;;;;;;;;. The van der Waals surface area contributed by atoms with E-state index in [1.165, 1.54) is 63.5 Å². The first-order chi connectivity index (χ1) is 40.1. The number of aliphatic hydroxyl groups is 12. The van der Waals surface area contributed by atoms with E-state index in [2.05, 4.69) is 60.3 Å². The van der Waals surface area contributed by atoms with E-state index in [9.17, 15) is 0 Å². The molecule has 6 fully saturated rings. The van der Waals surface area contributed by atoms with E-state index in [-0.39, 0.29) is 98.5 Å². The zero-order chi connectivity index (χ0) is 61.8. The SMILES string of the molecule is C1=CC[N-]C(C2CCCC[N-]2)=C1.C1CCC(C2CCCC[N-]2)[N-]C1.CC1CCC(C(O)O)CC1.CC1CCC(C(O)O)CC1.CC1CCC(C(O)O)CC1.Cc1ccc(C(O)O)cc1.Cc1ccc(C(O)O)cc1.Cc1ccc(C(O)O)cc1.[Sm].[Sm]. The summed E-state index contributed by atoms with van der Waals surface area (Å²) >= 11 is 0. The third-order valence-corrected chi connectivity index (χ3v) is 16.9. The molecular formula is C68H110N4O12Sm2-4. The molecule has 3 aromatic carbocycles. The zero-order valence-electron chi connectivity index (χ0n) is 52.5. The predicted octanol–water partition coefficient (Wildman–Crippen LogP) is 11.9. The largest absolute Gasteiger partial charge is 0.686 e. The quantitative estimate of drug-likeness (QED) is 0.0938. The fourth-order valence-electron chi connectivity index (χ4n) is 10.9. The van der Waals surface area contributed by atoms with Gasteiger partial charge in [0.15, 0.2) is 37.7 Å². The van der Waals surface area contributed by atoms with Crippen LogP contribution >= 0.6 is 0 Å². The number of aryl methyl sites for hydroxylation is 3. The predicted molar refractivity (Wildman–Crippen MR) is 336 cm³/mol. The molecule has 0 amide bonds. The maximum atomic E-state index is 8.82. The molecule has 12 N–H and O–H groups in total. The molecule has 16 nitrogen and oxygen atoms in total. The maximum absolute atomic E-state index is 8.82. The van der Waals surface area contributed by atoms with Gasteiger partial charge < -0.3 is 82.5 Å². The summed E-state index contributed by atoms with van der Waals surface area (Å²) in [6.45, 7) is 16.6. The summed E-state index contributed by atoms with van der Waals surface area (Å²) in [5.41, 5.74) is 6.14. The van der Waals surface area contributed by atoms with Gasteiger partial charge in [-0.1, -0.05) is 219 Å². The van der Waals surface area contributed by atoms with Gasteiger partial charge >= 0.3 is 0 Å². The van der Waals surface area contributed by atoms with E-state index in [4.69, 9.17) is 61.3 Å². The van der Waals surface area contributed by atoms with Crippen LogP contribution in [0.3, 0.4) is 0 Å². The summed E-state index contributed by atoms with van der Waals surface area (Å²) < 4.78 is 0. The second-order valence-corrected chi connectivity index (χ2v) is 24.4. The number of allylic oxidation sites excluding steroid dienone is 2. The van der Waals surface area contributed by atoms with Crippen molar-refractivity contribution >= 4 is 0 Å². The molecule has 3 unspecified atom stereocenters. The normalized spacial score (nSPS) is 25.2. The minimum absolute atomic E-state index is 0. The summed E-state index contributed by atoms with van der Waals surface area (Å²) in [6, 6.07) is 22.8. The van der Waals surface area contributed by atoms with Crippen LogP contribution in [0.15, 0.2) is 96.7 Å². The molecule has 0 radical (unpaired) electrons. The van der Waals surface area contributed by atoms with E-state index in [1.807, 2.05) is 57.2 Å². The third kappa shape index (κ3) is 36.9. The molecule has 490 valence electrons. The van der Waals surface area contributed by atoms with Gasteiger partial charge in [0.2, 0.25) is 0 Å². The fourth-order valence-corrected chi connectivity index (χ4v) is 10.9. The molecule has 3 atom stereocenters. The van der Waals surface area contributed by atoms with Gasteiger partial charge in [-0.15, -0.1) is 38.3 Å². The maximum Gasteiger partial charge on any atom is 0.178 e. The Bertz CT molecular complexity index is 1930. The summed E-state index contributed by atoms with van der Waals surface area (Å²) in [5.74, 6) is 2.81. The van der Waals surface area contributed by atoms with Gasteiger partial charge in [0, 0.05) is 115 Å². The third-order valence-electron chi connectivity index (χ3n) is 16.9. The molecule has 3 aromatic rings. The van der Waals surface area contributed by atoms with Crippen molar-refractivity contribution < 1.29 is 142 Å². The van der Waals surface area contributed by atoms with Crippen LogP contribution < -0.4 is 0 Å². The number of aliphatic hydroxyl groups excluding tert-OH is 6. The van der Waals surface area contributed by atoms with Crippen molar-refractivity contribution in [3.05, 3.63) is 151 Å². The van der Waals surface area contributed by atoms with Crippen molar-refractivity contribution in [2.45, 2.75) is 232 Å².